The third-order valence-electron chi connectivity index (χ3n) is 5.39. The van der Waals surface area contributed by atoms with E-state index in [1.54, 1.807) is 0 Å². The first-order chi connectivity index (χ1) is 13.0. The van der Waals surface area contributed by atoms with Crippen molar-refractivity contribution in [2.24, 2.45) is 0 Å². The monoisotopic (exact) mass is 370 g/mol. The first kappa shape index (κ1) is 19.1. The van der Waals surface area contributed by atoms with Gasteiger partial charge in [-0.05, 0) is 20.8 Å². The van der Waals surface area contributed by atoms with Crippen LogP contribution in [0.3, 0.4) is 0 Å². The van der Waals surface area contributed by atoms with Crippen LogP contribution < -0.4 is 21.1 Å². The Kier molecular flexibility index (Phi) is 5.61. The first-order valence-electron chi connectivity index (χ1n) is 9.42. The van der Waals surface area contributed by atoms with Gasteiger partial charge in [0, 0.05) is 63.5 Å². The minimum absolute atomic E-state index is 0.402. The number of aromatic nitrogens is 2. The van der Waals surface area contributed by atoms with Gasteiger partial charge in [0.1, 0.15) is 11.4 Å². The molecule has 0 aliphatic carbocycles. The Balaban J connectivity index is 1.68. The summed E-state index contributed by atoms with van der Waals surface area (Å²) in [6.07, 6.45) is 0.511. The Hall–Kier alpha value is -2.66. The van der Waals surface area contributed by atoms with E-state index in [0.29, 0.717) is 37.4 Å². The molecular formula is C19H26N6O2. The molecule has 0 radical (unpaired) electrons. The number of piperazine rings is 1. The highest BCUT2D eigenvalue weighted by Crippen LogP contribution is 2.23. The molecule has 144 valence electrons. The van der Waals surface area contributed by atoms with Crippen LogP contribution in [0.4, 0.5) is 11.4 Å². The van der Waals surface area contributed by atoms with Crippen molar-refractivity contribution in [2.75, 3.05) is 42.9 Å². The zero-order chi connectivity index (χ0) is 19.6. The Morgan fingerprint density at radius 2 is 1.85 bits per heavy atom. The minimum atomic E-state index is -0.435. The molecule has 0 amide bonds. The summed E-state index contributed by atoms with van der Waals surface area (Å²) >= 11 is 0. The Morgan fingerprint density at radius 1 is 1.15 bits per heavy atom. The predicted molar refractivity (Wildman–Crippen MR) is 105 cm³/mol. The molecule has 0 unspecified atom stereocenters. The summed E-state index contributed by atoms with van der Waals surface area (Å²) in [6, 6.07) is 2.16. The maximum absolute atomic E-state index is 12.2. The lowest BCUT2D eigenvalue weighted by atomic mass is 10.1. The van der Waals surface area contributed by atoms with Crippen LogP contribution in [0.5, 0.6) is 0 Å². The maximum Gasteiger partial charge on any atom is 0.253 e. The van der Waals surface area contributed by atoms with Gasteiger partial charge >= 0.3 is 0 Å². The maximum atomic E-state index is 12.2. The van der Waals surface area contributed by atoms with Gasteiger partial charge in [0.2, 0.25) is 0 Å². The second-order valence-corrected chi connectivity index (χ2v) is 6.94. The molecular weight excluding hydrogens is 344 g/mol. The number of rotatable bonds is 7. The average molecular weight is 370 g/mol. The SMILES string of the molecule is CCn1nc(C)c(CNc2c(N3CCN(CCC#N)CC3)c(=O)c2=O)c1C. The van der Waals surface area contributed by atoms with Crippen molar-refractivity contribution in [2.45, 2.75) is 40.3 Å². The average Bonchev–Trinajstić information content (AvgIpc) is 2.96. The lowest BCUT2D eigenvalue weighted by Crippen LogP contribution is -2.51. The molecule has 3 rings (SSSR count). The molecule has 1 fully saturated rings. The second kappa shape index (κ2) is 7.92. The molecule has 8 heteroatoms. The van der Waals surface area contributed by atoms with Crippen molar-refractivity contribution in [3.05, 3.63) is 37.4 Å². The van der Waals surface area contributed by atoms with Crippen LogP contribution in [-0.2, 0) is 13.1 Å². The molecule has 0 atom stereocenters. The van der Waals surface area contributed by atoms with Crippen molar-refractivity contribution < 1.29 is 0 Å². The van der Waals surface area contributed by atoms with Gasteiger partial charge in [-0.25, -0.2) is 0 Å². The van der Waals surface area contributed by atoms with E-state index in [0.717, 1.165) is 43.1 Å². The van der Waals surface area contributed by atoms with Crippen LogP contribution in [0.1, 0.15) is 30.3 Å². The van der Waals surface area contributed by atoms with Crippen molar-refractivity contribution >= 4 is 11.4 Å². The molecule has 2 aromatic rings. The molecule has 8 nitrogen and oxygen atoms in total. The van der Waals surface area contributed by atoms with Gasteiger partial charge in [-0.3, -0.25) is 19.2 Å². The first-order valence-corrected chi connectivity index (χ1v) is 9.42. The normalized spacial score (nSPS) is 15.3. The number of hydrogen-bond acceptors (Lipinski definition) is 7. The lowest BCUT2D eigenvalue weighted by Gasteiger charge is -2.36. The highest BCUT2D eigenvalue weighted by molar-refractivity contribution is 5.75. The van der Waals surface area contributed by atoms with E-state index in [2.05, 4.69) is 21.4 Å². The molecule has 0 saturated carbocycles. The van der Waals surface area contributed by atoms with Gasteiger partial charge in [-0.15, -0.1) is 0 Å². The number of nitriles is 1. The zero-order valence-electron chi connectivity index (χ0n) is 16.2. The molecule has 1 aliphatic heterocycles. The van der Waals surface area contributed by atoms with Crippen LogP contribution in [0, 0.1) is 25.2 Å². The van der Waals surface area contributed by atoms with Crippen molar-refractivity contribution in [1.29, 1.82) is 5.26 Å². The van der Waals surface area contributed by atoms with Crippen molar-refractivity contribution in [1.82, 2.24) is 14.7 Å². The van der Waals surface area contributed by atoms with E-state index in [1.807, 2.05) is 30.4 Å². The fourth-order valence-electron chi connectivity index (χ4n) is 3.72. The molecule has 1 N–H and O–H groups in total. The molecule has 2 heterocycles. The Labute approximate surface area is 158 Å². The third-order valence-corrected chi connectivity index (χ3v) is 5.39. The molecule has 1 aliphatic rings. The van der Waals surface area contributed by atoms with E-state index in [4.69, 9.17) is 5.26 Å². The van der Waals surface area contributed by atoms with Crippen LogP contribution in [0.15, 0.2) is 9.59 Å². The largest absolute Gasteiger partial charge is 0.376 e. The standard InChI is InChI=1S/C19H26N6O2/c1-4-25-14(3)15(13(2)22-25)12-21-16-17(19(27)18(16)26)24-10-8-23(9-11-24)7-5-6-20/h21H,4-5,7-12H2,1-3H3. The summed E-state index contributed by atoms with van der Waals surface area (Å²) in [7, 11) is 0. The van der Waals surface area contributed by atoms with Crippen LogP contribution in [0.25, 0.3) is 0 Å². The summed E-state index contributed by atoms with van der Waals surface area (Å²) in [4.78, 5) is 28.5. The highest BCUT2D eigenvalue weighted by Gasteiger charge is 2.28. The number of aryl methyl sites for hydroxylation is 2. The van der Waals surface area contributed by atoms with Gasteiger partial charge < -0.3 is 10.2 Å². The van der Waals surface area contributed by atoms with Gasteiger partial charge in [-0.1, -0.05) is 0 Å². The number of anilines is 2. The quantitative estimate of drug-likeness (QED) is 0.719. The Bertz CT molecular complexity index is 923. The number of nitrogens with zero attached hydrogens (tertiary/aromatic N) is 5. The van der Waals surface area contributed by atoms with Crippen LogP contribution >= 0.6 is 0 Å². The fourth-order valence-corrected chi connectivity index (χ4v) is 3.72. The smallest absolute Gasteiger partial charge is 0.253 e. The van der Waals surface area contributed by atoms with Crippen LogP contribution in [0.2, 0.25) is 0 Å². The zero-order valence-corrected chi connectivity index (χ0v) is 16.2. The molecule has 1 saturated heterocycles. The number of hydrogen-bond donors (Lipinski definition) is 1. The topological polar surface area (TPSA) is 94.3 Å². The summed E-state index contributed by atoms with van der Waals surface area (Å²) in [5.41, 5.74) is 3.18. The highest BCUT2D eigenvalue weighted by atomic mass is 16.2. The second-order valence-electron chi connectivity index (χ2n) is 6.94. The van der Waals surface area contributed by atoms with E-state index < -0.39 is 10.9 Å². The summed E-state index contributed by atoms with van der Waals surface area (Å²) in [6.45, 7) is 11.0. The van der Waals surface area contributed by atoms with Gasteiger partial charge in [0.05, 0.1) is 11.8 Å². The summed E-state index contributed by atoms with van der Waals surface area (Å²) in [5.74, 6) is 0. The van der Waals surface area contributed by atoms with E-state index in [1.165, 1.54) is 0 Å². The molecule has 0 spiro atoms. The fraction of sp³-hybridized carbons (Fsp3) is 0.579. The molecule has 1 aromatic carbocycles. The van der Waals surface area contributed by atoms with E-state index >= 15 is 0 Å². The summed E-state index contributed by atoms with van der Waals surface area (Å²) < 4.78 is 1.94. The predicted octanol–water partition coefficient (Wildman–Crippen LogP) is 0.764. The van der Waals surface area contributed by atoms with E-state index in [-0.39, 0.29) is 0 Å². The van der Waals surface area contributed by atoms with Gasteiger partial charge in [0.15, 0.2) is 0 Å². The minimum Gasteiger partial charge on any atom is -0.376 e. The van der Waals surface area contributed by atoms with Gasteiger partial charge in [0.25, 0.3) is 10.9 Å². The number of nitrogens with one attached hydrogen (secondary N) is 1. The van der Waals surface area contributed by atoms with Crippen molar-refractivity contribution in [3.63, 3.8) is 0 Å². The third kappa shape index (κ3) is 3.60. The van der Waals surface area contributed by atoms with E-state index in [9.17, 15) is 9.59 Å². The van der Waals surface area contributed by atoms with Crippen molar-refractivity contribution in [3.8, 4) is 6.07 Å². The Morgan fingerprint density at radius 3 is 2.44 bits per heavy atom. The van der Waals surface area contributed by atoms with Crippen LogP contribution in [-0.4, -0.2) is 47.4 Å². The molecule has 1 aromatic heterocycles. The molecule has 27 heavy (non-hydrogen) atoms. The molecule has 0 bridgehead atoms. The van der Waals surface area contributed by atoms with Gasteiger partial charge in [-0.2, -0.15) is 10.4 Å². The lowest BCUT2D eigenvalue weighted by molar-refractivity contribution is 0.263. The summed E-state index contributed by atoms with van der Waals surface area (Å²) in [5, 5.41) is 16.4.